The fourth-order valence-corrected chi connectivity index (χ4v) is 14.5. The Kier molecular flexibility index (Phi) is 73.1. The second kappa shape index (κ2) is 74.5. The summed E-state index contributed by atoms with van der Waals surface area (Å²) in [7, 11) is -9.92. The molecule has 0 amide bonds. The molecule has 0 spiro atoms. The number of rotatable bonds is 82. The molecule has 102 heavy (non-hydrogen) atoms. The van der Waals surface area contributed by atoms with Gasteiger partial charge in [-0.25, -0.2) is 9.13 Å². The van der Waals surface area contributed by atoms with E-state index in [-0.39, 0.29) is 25.7 Å². The van der Waals surface area contributed by atoms with Crippen LogP contribution in [0.1, 0.15) is 440 Å². The van der Waals surface area contributed by atoms with E-state index in [1.807, 2.05) is 0 Å². The van der Waals surface area contributed by atoms with Crippen LogP contribution in [0, 0.1) is 11.8 Å². The monoisotopic (exact) mass is 1490 g/mol. The van der Waals surface area contributed by atoms with Crippen molar-refractivity contribution < 1.29 is 80.2 Å². The Hall–Kier alpha value is -1.94. The number of aliphatic hydroxyl groups excluding tert-OH is 1. The van der Waals surface area contributed by atoms with Crippen molar-refractivity contribution in [2.75, 3.05) is 39.6 Å². The average molecular weight is 1490 g/mol. The highest BCUT2D eigenvalue weighted by Gasteiger charge is 2.30. The Bertz CT molecular complexity index is 1960. The van der Waals surface area contributed by atoms with Crippen LogP contribution in [0.3, 0.4) is 0 Å². The number of phosphoric acid groups is 2. The Morgan fingerprint density at radius 2 is 0.451 bits per heavy atom. The van der Waals surface area contributed by atoms with E-state index in [0.717, 1.165) is 102 Å². The van der Waals surface area contributed by atoms with Gasteiger partial charge in [-0.15, -0.1) is 0 Å². The van der Waals surface area contributed by atoms with E-state index in [4.69, 9.17) is 37.0 Å². The molecule has 0 aromatic carbocycles. The predicted octanol–water partition coefficient (Wildman–Crippen LogP) is 25.1. The van der Waals surface area contributed by atoms with Crippen LogP contribution in [-0.2, 0) is 65.4 Å². The Morgan fingerprint density at radius 3 is 0.667 bits per heavy atom. The first-order chi connectivity index (χ1) is 49.4. The SMILES string of the molecule is CCCCCCCCCCCCCCCCCCCCCCCC(=O)O[C@H](COC(=O)CCCCCCCCCCCCCCCCCCC(C)C)COP(=O)(O)OC[C@@H](O)COP(=O)(O)OC[C@@H](COC(=O)CCCCCCCCCCCCC)OC(=O)CCCCCCCCCCC(C)C. The summed E-state index contributed by atoms with van der Waals surface area (Å²) >= 11 is 0. The lowest BCUT2D eigenvalue weighted by molar-refractivity contribution is -0.161. The normalized spacial score (nSPS) is 13.9. The number of carbonyl (C=O) groups is 4. The van der Waals surface area contributed by atoms with Gasteiger partial charge < -0.3 is 33.8 Å². The quantitative estimate of drug-likeness (QED) is 0.0222. The second-order valence-corrected chi connectivity index (χ2v) is 33.7. The molecule has 0 saturated heterocycles. The van der Waals surface area contributed by atoms with Crippen molar-refractivity contribution in [2.24, 2.45) is 11.8 Å². The third-order valence-electron chi connectivity index (χ3n) is 19.5. The van der Waals surface area contributed by atoms with Crippen LogP contribution in [0.2, 0.25) is 0 Å². The summed E-state index contributed by atoms with van der Waals surface area (Å²) in [5.74, 6) is -0.577. The molecule has 0 aliphatic rings. The van der Waals surface area contributed by atoms with Gasteiger partial charge in [0.1, 0.15) is 19.3 Å². The van der Waals surface area contributed by atoms with Gasteiger partial charge in [0.2, 0.25) is 0 Å². The molecule has 0 aliphatic heterocycles. The van der Waals surface area contributed by atoms with Crippen LogP contribution in [0.5, 0.6) is 0 Å². The van der Waals surface area contributed by atoms with E-state index in [2.05, 4.69) is 41.5 Å². The average Bonchev–Trinajstić information content (AvgIpc) is 0.918. The van der Waals surface area contributed by atoms with Gasteiger partial charge >= 0.3 is 39.5 Å². The lowest BCUT2D eigenvalue weighted by atomic mass is 10.0. The minimum absolute atomic E-state index is 0.105. The van der Waals surface area contributed by atoms with Gasteiger partial charge in [-0.05, 0) is 37.5 Å². The summed E-state index contributed by atoms with van der Waals surface area (Å²) in [6.07, 6.45) is 65.4. The summed E-state index contributed by atoms with van der Waals surface area (Å²) in [5, 5.41) is 10.6. The van der Waals surface area contributed by atoms with Gasteiger partial charge in [-0.2, -0.15) is 0 Å². The van der Waals surface area contributed by atoms with Crippen molar-refractivity contribution in [2.45, 2.75) is 458 Å². The molecule has 3 N–H and O–H groups in total. The molecule has 0 saturated carbocycles. The van der Waals surface area contributed by atoms with Gasteiger partial charge in [0.25, 0.3) is 0 Å². The molecule has 0 aromatic rings. The molecule has 0 fully saturated rings. The van der Waals surface area contributed by atoms with Crippen LogP contribution in [0.15, 0.2) is 0 Å². The predicted molar refractivity (Wildman–Crippen MR) is 418 cm³/mol. The third-order valence-corrected chi connectivity index (χ3v) is 21.4. The molecule has 0 aliphatic carbocycles. The van der Waals surface area contributed by atoms with Crippen molar-refractivity contribution in [1.82, 2.24) is 0 Å². The second-order valence-electron chi connectivity index (χ2n) is 30.8. The van der Waals surface area contributed by atoms with Gasteiger partial charge in [0.05, 0.1) is 26.4 Å². The maximum absolute atomic E-state index is 13.1. The maximum Gasteiger partial charge on any atom is 0.472 e. The Balaban J connectivity index is 5.21. The molecule has 5 atom stereocenters. The van der Waals surface area contributed by atoms with Gasteiger partial charge in [0, 0.05) is 25.7 Å². The number of phosphoric ester groups is 2. The van der Waals surface area contributed by atoms with E-state index in [9.17, 15) is 43.2 Å². The zero-order chi connectivity index (χ0) is 74.9. The van der Waals surface area contributed by atoms with E-state index in [1.165, 1.54) is 257 Å². The van der Waals surface area contributed by atoms with Crippen molar-refractivity contribution in [1.29, 1.82) is 0 Å². The van der Waals surface area contributed by atoms with Gasteiger partial charge in [-0.1, -0.05) is 388 Å². The van der Waals surface area contributed by atoms with Crippen LogP contribution in [0.25, 0.3) is 0 Å². The van der Waals surface area contributed by atoms with Crippen molar-refractivity contribution >= 4 is 39.5 Å². The summed E-state index contributed by atoms with van der Waals surface area (Å²) < 4.78 is 68.7. The number of esters is 4. The lowest BCUT2D eigenvalue weighted by Crippen LogP contribution is -2.30. The molecule has 2 unspecified atom stereocenters. The lowest BCUT2D eigenvalue weighted by Gasteiger charge is -2.21. The van der Waals surface area contributed by atoms with E-state index in [1.54, 1.807) is 0 Å². The first-order valence-corrected chi connectivity index (χ1v) is 46.0. The highest BCUT2D eigenvalue weighted by atomic mass is 31.2. The summed E-state index contributed by atoms with van der Waals surface area (Å²) in [4.78, 5) is 73.0. The standard InChI is InChI=1S/C83H162O17P2/c1-7-9-11-13-15-17-19-20-21-22-23-24-25-26-31-34-38-42-49-55-61-67-82(87)99-78(71-94-81(86)66-60-54-48-41-37-33-30-28-27-29-32-36-39-45-51-57-63-75(3)4)73-97-101(89,90)95-69-77(84)70-96-102(91,92)98-74-79(100-83(88)68-62-56-50-44-43-46-52-58-64-76(5)6)72-93-80(85)65-59-53-47-40-35-18-16-14-12-10-8-2/h75-79,84H,7-74H2,1-6H3,(H,89,90)(H,91,92)/t77-,78-,79-/m1/s1. The van der Waals surface area contributed by atoms with Crippen LogP contribution in [0.4, 0.5) is 0 Å². The zero-order valence-corrected chi connectivity index (χ0v) is 68.7. The molecule has 19 heteroatoms. The Labute approximate surface area is 626 Å². The number of aliphatic hydroxyl groups is 1. The molecular weight excluding hydrogens is 1330 g/mol. The molecule has 0 heterocycles. The minimum Gasteiger partial charge on any atom is -0.462 e. The molecule has 0 rings (SSSR count). The van der Waals surface area contributed by atoms with Gasteiger partial charge in [-0.3, -0.25) is 37.3 Å². The zero-order valence-electron chi connectivity index (χ0n) is 66.9. The van der Waals surface area contributed by atoms with E-state index in [0.29, 0.717) is 25.7 Å². The largest absolute Gasteiger partial charge is 0.472 e. The number of ether oxygens (including phenoxy) is 4. The van der Waals surface area contributed by atoms with Crippen molar-refractivity contribution in [3.63, 3.8) is 0 Å². The van der Waals surface area contributed by atoms with Crippen molar-refractivity contribution in [3.8, 4) is 0 Å². The number of hydrogen-bond donors (Lipinski definition) is 3. The van der Waals surface area contributed by atoms with Crippen LogP contribution >= 0.6 is 15.6 Å². The fourth-order valence-electron chi connectivity index (χ4n) is 12.9. The summed E-state index contributed by atoms with van der Waals surface area (Å²) in [5.41, 5.74) is 0. The molecule has 17 nitrogen and oxygen atoms in total. The smallest absolute Gasteiger partial charge is 0.462 e. The fraction of sp³-hybridized carbons (Fsp3) is 0.952. The molecular formula is C83H162O17P2. The van der Waals surface area contributed by atoms with Crippen LogP contribution < -0.4 is 0 Å². The third kappa shape index (κ3) is 76.3. The van der Waals surface area contributed by atoms with E-state index < -0.39 is 97.5 Å². The number of carbonyl (C=O) groups excluding carboxylic acids is 4. The molecule has 606 valence electrons. The molecule has 0 bridgehead atoms. The summed E-state index contributed by atoms with van der Waals surface area (Å²) in [6.45, 7) is 9.63. The molecule has 0 radical (unpaired) electrons. The topological polar surface area (TPSA) is 237 Å². The highest BCUT2D eigenvalue weighted by molar-refractivity contribution is 7.47. The summed E-state index contributed by atoms with van der Waals surface area (Å²) in [6, 6.07) is 0. The minimum atomic E-state index is -4.96. The van der Waals surface area contributed by atoms with E-state index >= 15 is 0 Å². The number of hydrogen-bond acceptors (Lipinski definition) is 15. The first kappa shape index (κ1) is 100. The van der Waals surface area contributed by atoms with Crippen LogP contribution in [-0.4, -0.2) is 96.7 Å². The highest BCUT2D eigenvalue weighted by Crippen LogP contribution is 2.45. The number of unbranched alkanes of at least 4 members (excludes halogenated alkanes) is 52. The molecule has 0 aromatic heterocycles. The van der Waals surface area contributed by atoms with Gasteiger partial charge in [0.15, 0.2) is 12.2 Å². The van der Waals surface area contributed by atoms with Crippen molar-refractivity contribution in [3.05, 3.63) is 0 Å². The maximum atomic E-state index is 13.1. The Morgan fingerprint density at radius 1 is 0.265 bits per heavy atom. The first-order valence-electron chi connectivity index (χ1n) is 43.0.